The van der Waals surface area contributed by atoms with Crippen molar-refractivity contribution in [3.8, 4) is 0 Å². The average Bonchev–Trinajstić information content (AvgIpc) is 2.38. The van der Waals surface area contributed by atoms with Crippen molar-refractivity contribution in [3.63, 3.8) is 0 Å². The summed E-state index contributed by atoms with van der Waals surface area (Å²) in [5.74, 6) is -0.596. The van der Waals surface area contributed by atoms with Gasteiger partial charge in [-0.25, -0.2) is 0 Å². The minimum Gasteiger partial charge on any atom is -0.481 e. The molecule has 3 atom stereocenters. The predicted octanol–water partition coefficient (Wildman–Crippen LogP) is 2.79. The fraction of sp³-hybridized carbons (Fsp3) is 0.533. The molecule has 3 unspecified atom stereocenters. The van der Waals surface area contributed by atoms with E-state index >= 15 is 0 Å². The van der Waals surface area contributed by atoms with Crippen molar-refractivity contribution in [2.45, 2.75) is 26.3 Å². The number of aliphatic carboxylic acids is 1. The lowest BCUT2D eigenvalue weighted by molar-refractivity contribution is -0.145. The molecule has 0 radical (unpaired) electrons. The lowest BCUT2D eigenvalue weighted by atomic mass is 9.86. The normalized spacial score (nSPS) is 26.8. The van der Waals surface area contributed by atoms with Crippen LogP contribution in [0.5, 0.6) is 0 Å². The van der Waals surface area contributed by atoms with Crippen LogP contribution in [-0.2, 0) is 4.79 Å². The summed E-state index contributed by atoms with van der Waals surface area (Å²) in [7, 11) is 0. The Kier molecular flexibility index (Phi) is 4.02. The Labute approximate surface area is 108 Å². The Morgan fingerprint density at radius 3 is 2.61 bits per heavy atom. The molecule has 1 aromatic carbocycles. The third-order valence-electron chi connectivity index (χ3n) is 4.08. The molecule has 2 rings (SSSR count). The van der Waals surface area contributed by atoms with E-state index in [2.05, 4.69) is 36.1 Å². The van der Waals surface area contributed by atoms with Gasteiger partial charge in [0.25, 0.3) is 0 Å². The van der Waals surface area contributed by atoms with E-state index in [9.17, 15) is 4.79 Å². The summed E-state index contributed by atoms with van der Waals surface area (Å²) in [4.78, 5) is 13.5. The molecule has 3 heteroatoms. The quantitative estimate of drug-likeness (QED) is 0.893. The molecule has 0 bridgehead atoms. The molecule has 1 heterocycles. The minimum atomic E-state index is -0.644. The zero-order valence-electron chi connectivity index (χ0n) is 11.0. The zero-order valence-corrected chi connectivity index (χ0v) is 11.0. The van der Waals surface area contributed by atoms with Crippen LogP contribution in [0.1, 0.15) is 31.9 Å². The summed E-state index contributed by atoms with van der Waals surface area (Å²) in [6.07, 6.45) is 0.758. The first-order chi connectivity index (χ1) is 8.59. The van der Waals surface area contributed by atoms with Crippen LogP contribution in [-0.4, -0.2) is 29.1 Å². The Morgan fingerprint density at radius 2 is 2.06 bits per heavy atom. The number of piperidine rings is 1. The highest BCUT2D eigenvalue weighted by molar-refractivity contribution is 5.70. The standard InChI is InChI=1S/C15H21NO2/c1-11-10-16(9-8-14(11)15(17)18)12(2)13-6-4-3-5-7-13/h3-7,11-12,14H,8-10H2,1-2H3,(H,17,18). The van der Waals surface area contributed by atoms with Crippen LogP contribution >= 0.6 is 0 Å². The van der Waals surface area contributed by atoms with Crippen molar-refractivity contribution in [3.05, 3.63) is 35.9 Å². The largest absolute Gasteiger partial charge is 0.481 e. The summed E-state index contributed by atoms with van der Waals surface area (Å²) in [6, 6.07) is 10.8. The van der Waals surface area contributed by atoms with Gasteiger partial charge >= 0.3 is 5.97 Å². The van der Waals surface area contributed by atoms with E-state index in [1.807, 2.05) is 13.0 Å². The first-order valence-electron chi connectivity index (χ1n) is 6.61. The molecule has 0 aromatic heterocycles. The maximum absolute atomic E-state index is 11.1. The maximum Gasteiger partial charge on any atom is 0.306 e. The van der Waals surface area contributed by atoms with Gasteiger partial charge in [0.05, 0.1) is 5.92 Å². The molecule has 0 spiro atoms. The molecule has 1 fully saturated rings. The molecular formula is C15H21NO2. The molecule has 1 N–H and O–H groups in total. The molecule has 0 saturated carbocycles. The second-order valence-electron chi connectivity index (χ2n) is 5.29. The number of likely N-dealkylation sites (tertiary alicyclic amines) is 1. The maximum atomic E-state index is 11.1. The van der Waals surface area contributed by atoms with Crippen molar-refractivity contribution >= 4 is 5.97 Å². The number of nitrogens with zero attached hydrogens (tertiary/aromatic N) is 1. The van der Waals surface area contributed by atoms with Crippen molar-refractivity contribution in [2.75, 3.05) is 13.1 Å². The molecule has 1 saturated heterocycles. The number of benzene rings is 1. The molecule has 0 amide bonds. The summed E-state index contributed by atoms with van der Waals surface area (Å²) in [6.45, 7) is 5.98. The van der Waals surface area contributed by atoms with Crippen LogP contribution in [0.25, 0.3) is 0 Å². The van der Waals surface area contributed by atoms with Gasteiger partial charge in [-0.2, -0.15) is 0 Å². The Balaban J connectivity index is 2.02. The van der Waals surface area contributed by atoms with Crippen molar-refractivity contribution in [2.24, 2.45) is 11.8 Å². The summed E-state index contributed by atoms with van der Waals surface area (Å²) in [5, 5.41) is 9.13. The molecular weight excluding hydrogens is 226 g/mol. The topological polar surface area (TPSA) is 40.5 Å². The van der Waals surface area contributed by atoms with Gasteiger partial charge in [-0.05, 0) is 31.4 Å². The van der Waals surface area contributed by atoms with E-state index in [0.717, 1.165) is 19.5 Å². The average molecular weight is 247 g/mol. The van der Waals surface area contributed by atoms with Gasteiger partial charge in [-0.3, -0.25) is 9.69 Å². The number of hydrogen-bond acceptors (Lipinski definition) is 2. The van der Waals surface area contributed by atoms with Gasteiger partial charge in [0.1, 0.15) is 0 Å². The van der Waals surface area contributed by atoms with Crippen LogP contribution < -0.4 is 0 Å². The van der Waals surface area contributed by atoms with Crippen LogP contribution in [0.2, 0.25) is 0 Å². The number of rotatable bonds is 3. The summed E-state index contributed by atoms with van der Waals surface area (Å²) >= 11 is 0. The number of hydrogen-bond donors (Lipinski definition) is 1. The van der Waals surface area contributed by atoms with Crippen LogP contribution in [0.15, 0.2) is 30.3 Å². The van der Waals surface area contributed by atoms with E-state index in [-0.39, 0.29) is 11.8 Å². The molecule has 1 aliphatic heterocycles. The van der Waals surface area contributed by atoms with Crippen LogP contribution in [0.3, 0.4) is 0 Å². The lowest BCUT2D eigenvalue weighted by Gasteiger charge is -2.38. The van der Waals surface area contributed by atoms with Crippen molar-refractivity contribution in [1.29, 1.82) is 0 Å². The van der Waals surface area contributed by atoms with E-state index in [1.165, 1.54) is 5.56 Å². The Bertz CT molecular complexity index is 404. The van der Waals surface area contributed by atoms with Crippen molar-refractivity contribution < 1.29 is 9.90 Å². The SMILES string of the molecule is CC1CN(C(C)c2ccccc2)CCC1C(=O)O. The zero-order chi connectivity index (χ0) is 13.1. The van der Waals surface area contributed by atoms with Gasteiger partial charge in [-0.15, -0.1) is 0 Å². The molecule has 0 aliphatic carbocycles. The lowest BCUT2D eigenvalue weighted by Crippen LogP contribution is -2.43. The van der Waals surface area contributed by atoms with E-state index in [4.69, 9.17) is 5.11 Å². The van der Waals surface area contributed by atoms with Gasteiger partial charge < -0.3 is 5.11 Å². The van der Waals surface area contributed by atoms with E-state index in [1.54, 1.807) is 0 Å². The van der Waals surface area contributed by atoms with E-state index in [0.29, 0.717) is 6.04 Å². The highest BCUT2D eigenvalue weighted by Crippen LogP contribution is 2.29. The predicted molar refractivity (Wildman–Crippen MR) is 71.3 cm³/mol. The van der Waals surface area contributed by atoms with Crippen LogP contribution in [0, 0.1) is 11.8 Å². The van der Waals surface area contributed by atoms with Gasteiger partial charge in [-0.1, -0.05) is 37.3 Å². The van der Waals surface area contributed by atoms with E-state index < -0.39 is 5.97 Å². The highest BCUT2D eigenvalue weighted by atomic mass is 16.4. The summed E-state index contributed by atoms with van der Waals surface area (Å²) in [5.41, 5.74) is 1.30. The number of carbonyl (C=O) groups is 1. The Morgan fingerprint density at radius 1 is 1.39 bits per heavy atom. The molecule has 98 valence electrons. The first-order valence-corrected chi connectivity index (χ1v) is 6.61. The second-order valence-corrected chi connectivity index (χ2v) is 5.29. The number of carboxylic acids is 1. The monoisotopic (exact) mass is 247 g/mol. The van der Waals surface area contributed by atoms with Gasteiger partial charge in [0.15, 0.2) is 0 Å². The van der Waals surface area contributed by atoms with Gasteiger partial charge in [0.2, 0.25) is 0 Å². The second kappa shape index (κ2) is 5.53. The van der Waals surface area contributed by atoms with Crippen molar-refractivity contribution in [1.82, 2.24) is 4.90 Å². The Hall–Kier alpha value is -1.35. The molecule has 18 heavy (non-hydrogen) atoms. The minimum absolute atomic E-state index is 0.177. The third-order valence-corrected chi connectivity index (χ3v) is 4.08. The first kappa shape index (κ1) is 13.1. The fourth-order valence-electron chi connectivity index (χ4n) is 2.84. The highest BCUT2D eigenvalue weighted by Gasteiger charge is 2.32. The molecule has 1 aromatic rings. The fourth-order valence-corrected chi connectivity index (χ4v) is 2.84. The number of carboxylic acid groups (broad SMARTS) is 1. The van der Waals surface area contributed by atoms with Gasteiger partial charge in [0, 0.05) is 12.6 Å². The molecule has 1 aliphatic rings. The van der Waals surface area contributed by atoms with Crippen LogP contribution in [0.4, 0.5) is 0 Å². The smallest absolute Gasteiger partial charge is 0.306 e. The molecule has 3 nitrogen and oxygen atoms in total. The third kappa shape index (κ3) is 2.72. The summed E-state index contributed by atoms with van der Waals surface area (Å²) < 4.78 is 0.